The molecule has 0 unspecified atom stereocenters. The molecule has 0 bridgehead atoms. The van der Waals surface area contributed by atoms with E-state index in [0.29, 0.717) is 0 Å². The Balaban J connectivity index is 1.98. The van der Waals surface area contributed by atoms with Crippen molar-refractivity contribution >= 4 is 32.7 Å². The van der Waals surface area contributed by atoms with Crippen LogP contribution in [0.15, 0.2) is 47.4 Å². The van der Waals surface area contributed by atoms with Crippen LogP contribution in [0.3, 0.4) is 0 Å². The number of sulfonamides is 1. The van der Waals surface area contributed by atoms with Gasteiger partial charge in [0.15, 0.2) is 0 Å². The molecule has 3 rings (SSSR count). The van der Waals surface area contributed by atoms with E-state index < -0.39 is 28.0 Å². The Morgan fingerprint density at radius 3 is 2.56 bits per heavy atom. The summed E-state index contributed by atoms with van der Waals surface area (Å²) in [6.07, 6.45) is -4.65. The number of hydrogen-bond donors (Lipinski definition) is 2. The normalized spacial score (nSPS) is 12.1. The van der Waals surface area contributed by atoms with Crippen LogP contribution in [-0.2, 0) is 20.9 Å². The van der Waals surface area contributed by atoms with Crippen LogP contribution in [0, 0.1) is 0 Å². The SMILES string of the molecule is COC(=O)c1ccccc1S(=O)(=O)Nc1ccc2nc(C(F)(F)F)[nH]c2c1. The van der Waals surface area contributed by atoms with Crippen molar-refractivity contribution in [2.75, 3.05) is 11.8 Å². The fraction of sp³-hybridized carbons (Fsp3) is 0.125. The fourth-order valence-corrected chi connectivity index (χ4v) is 3.64. The Hall–Kier alpha value is -3.08. The van der Waals surface area contributed by atoms with E-state index in [1.165, 1.54) is 42.5 Å². The molecule has 0 fully saturated rings. The molecule has 0 aliphatic rings. The molecule has 142 valence electrons. The summed E-state index contributed by atoms with van der Waals surface area (Å²) in [4.78, 5) is 17.0. The van der Waals surface area contributed by atoms with E-state index >= 15 is 0 Å². The van der Waals surface area contributed by atoms with Gasteiger partial charge in [-0.2, -0.15) is 13.2 Å². The number of aromatic amines is 1. The quantitative estimate of drug-likeness (QED) is 0.657. The average molecular weight is 399 g/mol. The monoisotopic (exact) mass is 399 g/mol. The topological polar surface area (TPSA) is 101 Å². The Labute approximate surface area is 151 Å². The predicted octanol–water partition coefficient (Wildman–Crippen LogP) is 3.17. The van der Waals surface area contributed by atoms with Crippen LogP contribution in [0.5, 0.6) is 0 Å². The van der Waals surface area contributed by atoms with Gasteiger partial charge in [0.2, 0.25) is 5.82 Å². The zero-order valence-corrected chi connectivity index (χ0v) is 14.5. The van der Waals surface area contributed by atoms with Gasteiger partial charge in [-0.3, -0.25) is 4.72 Å². The molecule has 0 amide bonds. The number of H-pyrrole nitrogens is 1. The highest BCUT2D eigenvalue weighted by molar-refractivity contribution is 7.92. The molecule has 3 aromatic rings. The molecule has 11 heteroatoms. The molecule has 0 radical (unpaired) electrons. The maximum atomic E-state index is 12.7. The van der Waals surface area contributed by atoms with E-state index in [4.69, 9.17) is 0 Å². The average Bonchev–Trinajstić information content (AvgIpc) is 3.04. The number of methoxy groups -OCH3 is 1. The maximum absolute atomic E-state index is 12.7. The molecule has 0 aliphatic heterocycles. The van der Waals surface area contributed by atoms with Gasteiger partial charge in [0.25, 0.3) is 10.0 Å². The third-order valence-corrected chi connectivity index (χ3v) is 5.02. The second kappa shape index (κ2) is 6.58. The number of hydrogen-bond acceptors (Lipinski definition) is 5. The van der Waals surface area contributed by atoms with E-state index in [9.17, 15) is 26.4 Å². The van der Waals surface area contributed by atoms with Gasteiger partial charge in [0.05, 0.1) is 29.4 Å². The van der Waals surface area contributed by atoms with Crippen LogP contribution in [-0.4, -0.2) is 31.5 Å². The summed E-state index contributed by atoms with van der Waals surface area (Å²) in [6.45, 7) is 0. The molecule has 2 aromatic carbocycles. The molecule has 0 saturated heterocycles. The third-order valence-electron chi connectivity index (χ3n) is 3.58. The number of carbonyl (C=O) groups is 1. The summed E-state index contributed by atoms with van der Waals surface area (Å²) < 4.78 is 70.2. The highest BCUT2D eigenvalue weighted by Crippen LogP contribution is 2.30. The van der Waals surface area contributed by atoms with Crippen molar-refractivity contribution in [1.29, 1.82) is 0 Å². The minimum atomic E-state index is -4.65. The lowest BCUT2D eigenvalue weighted by Gasteiger charge is -2.11. The standard InChI is InChI=1S/C16H12F3N3O4S/c1-26-14(23)10-4-2-3-5-13(10)27(24,25)22-9-6-7-11-12(8-9)21-15(20-11)16(17,18)19/h2-8,22H,1H3,(H,20,21). The van der Waals surface area contributed by atoms with Crippen LogP contribution in [0.1, 0.15) is 16.2 Å². The smallest absolute Gasteiger partial charge is 0.449 e. The Morgan fingerprint density at radius 2 is 1.89 bits per heavy atom. The van der Waals surface area contributed by atoms with Crippen LogP contribution < -0.4 is 4.72 Å². The number of rotatable bonds is 4. The first-order valence-corrected chi connectivity index (χ1v) is 8.87. The van der Waals surface area contributed by atoms with E-state index in [2.05, 4.69) is 19.4 Å². The van der Waals surface area contributed by atoms with Gasteiger partial charge in [-0.25, -0.2) is 18.2 Å². The number of benzene rings is 2. The summed E-state index contributed by atoms with van der Waals surface area (Å²) in [5.41, 5.74) is -0.141. The van der Waals surface area contributed by atoms with Crippen molar-refractivity contribution in [3.63, 3.8) is 0 Å². The van der Waals surface area contributed by atoms with Gasteiger partial charge in [0.1, 0.15) is 4.90 Å². The van der Waals surface area contributed by atoms with Gasteiger partial charge in [0, 0.05) is 0 Å². The first-order chi connectivity index (χ1) is 12.6. The number of esters is 1. The van der Waals surface area contributed by atoms with E-state index in [0.717, 1.165) is 7.11 Å². The second-order valence-corrected chi connectivity index (χ2v) is 7.06. The fourth-order valence-electron chi connectivity index (χ4n) is 2.40. The van der Waals surface area contributed by atoms with Gasteiger partial charge >= 0.3 is 12.1 Å². The number of halogens is 3. The highest BCUT2D eigenvalue weighted by Gasteiger charge is 2.34. The minimum Gasteiger partial charge on any atom is -0.465 e. The van der Waals surface area contributed by atoms with Gasteiger partial charge < -0.3 is 9.72 Å². The molecular weight excluding hydrogens is 387 g/mol. The zero-order valence-electron chi connectivity index (χ0n) is 13.7. The number of alkyl halides is 3. The van der Waals surface area contributed by atoms with Crippen LogP contribution in [0.25, 0.3) is 11.0 Å². The van der Waals surface area contributed by atoms with Crippen molar-refractivity contribution in [1.82, 2.24) is 9.97 Å². The number of anilines is 1. The predicted molar refractivity (Wildman–Crippen MR) is 89.7 cm³/mol. The minimum absolute atomic E-state index is 0.000423. The summed E-state index contributed by atoms with van der Waals surface area (Å²) in [5.74, 6) is -2.02. The molecule has 0 spiro atoms. The zero-order chi connectivity index (χ0) is 19.8. The first-order valence-electron chi connectivity index (χ1n) is 7.39. The number of imidazole rings is 1. The lowest BCUT2D eigenvalue weighted by molar-refractivity contribution is -0.144. The molecule has 27 heavy (non-hydrogen) atoms. The number of nitrogens with one attached hydrogen (secondary N) is 2. The first kappa shape index (κ1) is 18.7. The molecule has 0 saturated carbocycles. The Bertz CT molecular complexity index is 1120. The summed E-state index contributed by atoms with van der Waals surface area (Å²) in [6, 6.07) is 9.08. The van der Waals surface area contributed by atoms with Crippen molar-refractivity contribution in [3.8, 4) is 0 Å². The van der Waals surface area contributed by atoms with E-state index in [1.807, 2.05) is 0 Å². The number of fused-ring (bicyclic) bond motifs is 1. The summed E-state index contributed by atoms with van der Waals surface area (Å²) >= 11 is 0. The Kier molecular flexibility index (Phi) is 4.56. The molecule has 1 heterocycles. The van der Waals surface area contributed by atoms with Crippen molar-refractivity contribution in [3.05, 3.63) is 53.9 Å². The molecule has 7 nitrogen and oxygen atoms in total. The van der Waals surface area contributed by atoms with E-state index in [1.54, 1.807) is 0 Å². The molecule has 1 aromatic heterocycles. The van der Waals surface area contributed by atoms with Gasteiger partial charge in [-0.15, -0.1) is 0 Å². The maximum Gasteiger partial charge on any atom is 0.449 e. The number of nitrogens with zero attached hydrogens (tertiary/aromatic N) is 1. The number of carbonyl (C=O) groups excluding carboxylic acids is 1. The van der Waals surface area contributed by atoms with Crippen LogP contribution in [0.2, 0.25) is 0 Å². The lowest BCUT2D eigenvalue weighted by Crippen LogP contribution is -2.17. The largest absolute Gasteiger partial charge is 0.465 e. The van der Waals surface area contributed by atoms with E-state index in [-0.39, 0.29) is 27.2 Å². The second-order valence-electron chi connectivity index (χ2n) is 5.41. The number of ether oxygens (including phenoxy) is 1. The molecule has 0 atom stereocenters. The third kappa shape index (κ3) is 3.72. The number of aromatic nitrogens is 2. The van der Waals surface area contributed by atoms with Crippen molar-refractivity contribution in [2.45, 2.75) is 11.1 Å². The van der Waals surface area contributed by atoms with Gasteiger partial charge in [-0.1, -0.05) is 12.1 Å². The summed E-state index contributed by atoms with van der Waals surface area (Å²) in [7, 11) is -3.08. The molecular formula is C16H12F3N3O4S. The van der Waals surface area contributed by atoms with Crippen LogP contribution >= 0.6 is 0 Å². The van der Waals surface area contributed by atoms with Crippen molar-refractivity contribution in [2.24, 2.45) is 0 Å². The molecule has 2 N–H and O–H groups in total. The Morgan fingerprint density at radius 1 is 1.19 bits per heavy atom. The van der Waals surface area contributed by atoms with Crippen LogP contribution in [0.4, 0.5) is 18.9 Å². The molecule has 0 aliphatic carbocycles. The lowest BCUT2D eigenvalue weighted by atomic mass is 10.2. The van der Waals surface area contributed by atoms with Crippen molar-refractivity contribution < 1.29 is 31.1 Å². The summed E-state index contributed by atoms with van der Waals surface area (Å²) in [5, 5.41) is 0. The van der Waals surface area contributed by atoms with Gasteiger partial charge in [-0.05, 0) is 30.3 Å². The highest BCUT2D eigenvalue weighted by atomic mass is 32.2.